The number of aliphatic carboxylic acids is 1. The van der Waals surface area contributed by atoms with Crippen molar-refractivity contribution in [2.45, 2.75) is 44.4 Å². The van der Waals surface area contributed by atoms with Gasteiger partial charge in [0, 0.05) is 30.4 Å². The average molecular weight is 457 g/mol. The lowest BCUT2D eigenvalue weighted by molar-refractivity contribution is -0.155. The van der Waals surface area contributed by atoms with Crippen LogP contribution >= 0.6 is 0 Å². The molecule has 9 heteroatoms. The molecule has 172 valence electrons. The lowest BCUT2D eigenvalue weighted by Crippen LogP contribution is -2.57. The second-order valence-corrected chi connectivity index (χ2v) is 9.26. The van der Waals surface area contributed by atoms with E-state index in [-0.39, 0.29) is 29.0 Å². The number of benzene rings is 1. The Morgan fingerprint density at radius 3 is 2.42 bits per heavy atom. The highest BCUT2D eigenvalue weighted by Gasteiger charge is 2.55. The van der Waals surface area contributed by atoms with Crippen molar-refractivity contribution in [2.24, 2.45) is 11.3 Å². The van der Waals surface area contributed by atoms with Gasteiger partial charge in [-0.05, 0) is 60.9 Å². The highest BCUT2D eigenvalue weighted by Crippen LogP contribution is 2.58. The Hall–Kier alpha value is -3.36. The molecule has 33 heavy (non-hydrogen) atoms. The number of amides is 1. The van der Waals surface area contributed by atoms with Crippen molar-refractivity contribution in [2.75, 3.05) is 0 Å². The average Bonchev–Trinajstić information content (AvgIpc) is 3.11. The van der Waals surface area contributed by atoms with E-state index >= 15 is 0 Å². The van der Waals surface area contributed by atoms with Gasteiger partial charge in [-0.15, -0.1) is 0 Å². The van der Waals surface area contributed by atoms with E-state index < -0.39 is 17.7 Å². The standard InChI is InChI=1S/C24H22F3N3O3/c25-24(26,27)17-3-1-14(2-4-17)13-30-8-6-15-5-7-28-19(20(15)30)21(31)29-18-11-23(12-18)9-16(10-23)22(32)33/h1-8,16,18H,9-13H2,(H,29,31)(H,32,33). The van der Waals surface area contributed by atoms with E-state index in [1.54, 1.807) is 18.5 Å². The maximum atomic E-state index is 13.0. The zero-order valence-corrected chi connectivity index (χ0v) is 17.6. The van der Waals surface area contributed by atoms with Crippen LogP contribution in [0, 0.1) is 11.3 Å². The van der Waals surface area contributed by atoms with Crippen LogP contribution in [-0.2, 0) is 17.5 Å². The number of pyridine rings is 1. The molecule has 1 spiro atoms. The van der Waals surface area contributed by atoms with Crippen molar-refractivity contribution in [3.8, 4) is 0 Å². The number of carboxylic acids is 1. The Morgan fingerprint density at radius 2 is 1.79 bits per heavy atom. The Morgan fingerprint density at radius 1 is 1.09 bits per heavy atom. The summed E-state index contributed by atoms with van der Waals surface area (Å²) in [5.41, 5.74) is 0.906. The molecule has 6 nitrogen and oxygen atoms in total. The fourth-order valence-electron chi connectivity index (χ4n) is 5.28. The fourth-order valence-corrected chi connectivity index (χ4v) is 5.28. The highest BCUT2D eigenvalue weighted by atomic mass is 19.4. The van der Waals surface area contributed by atoms with E-state index in [1.807, 2.05) is 10.6 Å². The van der Waals surface area contributed by atoms with Gasteiger partial charge >= 0.3 is 12.1 Å². The maximum Gasteiger partial charge on any atom is 0.416 e. The summed E-state index contributed by atoms with van der Waals surface area (Å²) in [6, 6.07) is 8.58. The summed E-state index contributed by atoms with van der Waals surface area (Å²) >= 11 is 0. The van der Waals surface area contributed by atoms with Crippen LogP contribution in [-0.4, -0.2) is 32.6 Å². The van der Waals surface area contributed by atoms with Gasteiger partial charge in [0.25, 0.3) is 5.91 Å². The second-order valence-electron chi connectivity index (χ2n) is 9.26. The van der Waals surface area contributed by atoms with Crippen molar-refractivity contribution >= 4 is 22.8 Å². The number of aromatic nitrogens is 2. The number of hydrogen-bond acceptors (Lipinski definition) is 3. The topological polar surface area (TPSA) is 84.2 Å². The predicted molar refractivity (Wildman–Crippen MR) is 114 cm³/mol. The number of carbonyl (C=O) groups is 2. The Kier molecular flexibility index (Phi) is 4.95. The minimum Gasteiger partial charge on any atom is -0.481 e. The van der Waals surface area contributed by atoms with Crippen molar-refractivity contribution in [1.82, 2.24) is 14.9 Å². The summed E-state index contributed by atoms with van der Waals surface area (Å²) in [5, 5.41) is 12.9. The Labute approximate surface area is 187 Å². The van der Waals surface area contributed by atoms with Crippen LogP contribution < -0.4 is 5.32 Å². The molecule has 0 aliphatic heterocycles. The molecule has 2 heterocycles. The molecule has 0 atom stereocenters. The summed E-state index contributed by atoms with van der Waals surface area (Å²) in [5.74, 6) is -1.33. The molecule has 2 N–H and O–H groups in total. The monoisotopic (exact) mass is 457 g/mol. The van der Waals surface area contributed by atoms with Crippen molar-refractivity contribution in [3.05, 3.63) is 65.6 Å². The number of carbonyl (C=O) groups excluding carboxylic acids is 1. The molecule has 2 fully saturated rings. The van der Waals surface area contributed by atoms with Crippen molar-refractivity contribution < 1.29 is 27.9 Å². The SMILES string of the molecule is O=C(NC1CC2(C1)CC(C(=O)O)C2)c1nccc2ccn(Cc3ccc(C(F)(F)F)cc3)c12. The van der Waals surface area contributed by atoms with Gasteiger partial charge in [0.15, 0.2) is 5.69 Å². The van der Waals surface area contributed by atoms with Crippen LogP contribution in [0.4, 0.5) is 13.2 Å². The number of carboxylic acid groups (broad SMARTS) is 1. The van der Waals surface area contributed by atoms with Crippen LogP contribution in [0.2, 0.25) is 0 Å². The molecule has 2 aliphatic carbocycles. The quantitative estimate of drug-likeness (QED) is 0.592. The fraction of sp³-hybridized carbons (Fsp3) is 0.375. The van der Waals surface area contributed by atoms with Crippen molar-refractivity contribution in [1.29, 1.82) is 0 Å². The van der Waals surface area contributed by atoms with E-state index in [0.29, 0.717) is 30.5 Å². The van der Waals surface area contributed by atoms with E-state index in [2.05, 4.69) is 10.3 Å². The van der Waals surface area contributed by atoms with Crippen molar-refractivity contribution in [3.63, 3.8) is 0 Å². The molecule has 2 aliphatic rings. The molecule has 0 saturated heterocycles. The van der Waals surface area contributed by atoms with Gasteiger partial charge in [-0.2, -0.15) is 13.2 Å². The summed E-state index contributed by atoms with van der Waals surface area (Å²) < 4.78 is 40.3. The van der Waals surface area contributed by atoms with Gasteiger partial charge in [-0.25, -0.2) is 4.98 Å². The van der Waals surface area contributed by atoms with E-state index in [1.165, 1.54) is 12.1 Å². The minimum atomic E-state index is -4.39. The van der Waals surface area contributed by atoms with Gasteiger partial charge in [-0.1, -0.05) is 12.1 Å². The maximum absolute atomic E-state index is 13.0. The Bertz CT molecular complexity index is 1220. The van der Waals surface area contributed by atoms with E-state index in [4.69, 9.17) is 5.11 Å². The number of nitrogens with one attached hydrogen (secondary N) is 1. The number of fused-ring (bicyclic) bond motifs is 1. The van der Waals surface area contributed by atoms with Gasteiger partial charge < -0.3 is 15.0 Å². The lowest BCUT2D eigenvalue weighted by atomic mass is 9.50. The first-order valence-corrected chi connectivity index (χ1v) is 10.8. The molecule has 3 aromatic rings. The molecular formula is C24H22F3N3O3. The molecule has 0 unspecified atom stereocenters. The van der Waals surface area contributed by atoms with Crippen LogP contribution in [0.15, 0.2) is 48.8 Å². The normalized spacial score (nSPS) is 24.3. The van der Waals surface area contributed by atoms with E-state index in [9.17, 15) is 22.8 Å². The minimum absolute atomic E-state index is 0.0115. The highest BCUT2D eigenvalue weighted by molar-refractivity contribution is 6.04. The molecule has 5 rings (SSSR count). The third-order valence-corrected chi connectivity index (χ3v) is 6.93. The van der Waals surface area contributed by atoms with Gasteiger partial charge in [0.05, 0.1) is 17.0 Å². The predicted octanol–water partition coefficient (Wildman–Crippen LogP) is 4.48. The van der Waals surface area contributed by atoms with Crippen LogP contribution in [0.5, 0.6) is 0 Å². The van der Waals surface area contributed by atoms with Crippen LogP contribution in [0.1, 0.15) is 47.3 Å². The number of alkyl halides is 3. The molecule has 0 radical (unpaired) electrons. The smallest absolute Gasteiger partial charge is 0.416 e. The zero-order chi connectivity index (χ0) is 23.4. The first-order chi connectivity index (χ1) is 15.6. The first-order valence-electron chi connectivity index (χ1n) is 10.8. The molecular weight excluding hydrogens is 435 g/mol. The lowest BCUT2D eigenvalue weighted by Gasteiger charge is -2.56. The summed E-state index contributed by atoms with van der Waals surface area (Å²) in [6.45, 7) is 0.302. The number of rotatable bonds is 5. The molecule has 0 bridgehead atoms. The third-order valence-electron chi connectivity index (χ3n) is 6.93. The Balaban J connectivity index is 1.30. The molecule has 2 aromatic heterocycles. The van der Waals surface area contributed by atoms with Gasteiger partial charge in [0.1, 0.15) is 0 Å². The number of nitrogens with zero attached hydrogens (tertiary/aromatic N) is 2. The van der Waals surface area contributed by atoms with E-state index in [0.717, 1.165) is 30.4 Å². The number of halogens is 3. The van der Waals surface area contributed by atoms with Gasteiger partial charge in [-0.3, -0.25) is 9.59 Å². The molecule has 1 aromatic carbocycles. The summed E-state index contributed by atoms with van der Waals surface area (Å²) in [6.07, 6.45) is 1.83. The second kappa shape index (κ2) is 7.60. The largest absolute Gasteiger partial charge is 0.481 e. The zero-order valence-electron chi connectivity index (χ0n) is 17.6. The van der Waals surface area contributed by atoms with Crippen LogP contribution in [0.25, 0.3) is 10.9 Å². The van der Waals surface area contributed by atoms with Crippen LogP contribution in [0.3, 0.4) is 0 Å². The first kappa shape index (κ1) is 21.5. The third kappa shape index (κ3) is 3.96. The summed E-state index contributed by atoms with van der Waals surface area (Å²) in [4.78, 5) is 28.3. The summed E-state index contributed by atoms with van der Waals surface area (Å²) in [7, 11) is 0. The van der Waals surface area contributed by atoms with Gasteiger partial charge in [0.2, 0.25) is 0 Å². The molecule has 1 amide bonds. The number of hydrogen-bond donors (Lipinski definition) is 2. The molecule has 2 saturated carbocycles.